The number of carbonyl (C=O) groups excluding carboxylic acids is 1. The molecule has 2 N–H and O–H groups in total. The second-order valence-corrected chi connectivity index (χ2v) is 9.12. The molecule has 4 rings (SSSR count). The Morgan fingerprint density at radius 2 is 1.82 bits per heavy atom. The summed E-state index contributed by atoms with van der Waals surface area (Å²) in [4.78, 5) is 12.4. The van der Waals surface area contributed by atoms with Gasteiger partial charge in [-0.05, 0) is 48.4 Å². The average molecular weight is 516 g/mol. The Kier molecular flexibility index (Phi) is 7.72. The lowest BCUT2D eigenvalue weighted by molar-refractivity contribution is 0.251. The standard InChI is InChI=1S/C24H20Cl2FN5OS/c1-15-6-2-3-7-16(15)14-34-24-31-30-22(32(24)21-12-17(25)10-11-18(21)26)13-28-23(33)29-20-9-5-4-8-19(20)27/h2-12H,13-14H2,1H3,(H2,28,29,33). The Morgan fingerprint density at radius 1 is 1.06 bits per heavy atom. The van der Waals surface area contributed by atoms with E-state index in [4.69, 9.17) is 23.2 Å². The van der Waals surface area contributed by atoms with Gasteiger partial charge in [0, 0.05) is 10.8 Å². The number of nitrogens with zero attached hydrogens (tertiary/aromatic N) is 3. The van der Waals surface area contributed by atoms with Crippen LogP contribution >= 0.6 is 35.0 Å². The molecule has 0 unspecified atom stereocenters. The maximum Gasteiger partial charge on any atom is 0.319 e. The predicted octanol–water partition coefficient (Wildman–Crippen LogP) is 6.64. The number of para-hydroxylation sites is 1. The SMILES string of the molecule is Cc1ccccc1CSc1nnc(CNC(=O)Nc2ccccc2F)n1-c1cc(Cl)ccc1Cl. The molecule has 0 aliphatic rings. The molecule has 0 saturated carbocycles. The molecule has 0 bridgehead atoms. The van der Waals surface area contributed by atoms with Crippen molar-refractivity contribution in [1.29, 1.82) is 0 Å². The van der Waals surface area contributed by atoms with Crippen LogP contribution in [0.15, 0.2) is 71.9 Å². The van der Waals surface area contributed by atoms with Crippen LogP contribution in [0.3, 0.4) is 0 Å². The summed E-state index contributed by atoms with van der Waals surface area (Å²) in [5.74, 6) is 0.589. The highest BCUT2D eigenvalue weighted by molar-refractivity contribution is 7.98. The van der Waals surface area contributed by atoms with E-state index in [1.807, 2.05) is 12.1 Å². The Balaban J connectivity index is 1.58. The maximum absolute atomic E-state index is 13.8. The van der Waals surface area contributed by atoms with E-state index >= 15 is 0 Å². The number of halogens is 3. The minimum absolute atomic E-state index is 0.0288. The van der Waals surface area contributed by atoms with Crippen LogP contribution in [0.1, 0.15) is 17.0 Å². The van der Waals surface area contributed by atoms with Crippen molar-refractivity contribution in [2.24, 2.45) is 0 Å². The van der Waals surface area contributed by atoms with Gasteiger partial charge in [0.15, 0.2) is 11.0 Å². The zero-order chi connectivity index (χ0) is 24.1. The molecule has 1 heterocycles. The molecule has 3 aromatic carbocycles. The van der Waals surface area contributed by atoms with Gasteiger partial charge in [0.2, 0.25) is 0 Å². The van der Waals surface area contributed by atoms with E-state index in [-0.39, 0.29) is 12.2 Å². The normalized spacial score (nSPS) is 10.8. The highest BCUT2D eigenvalue weighted by Gasteiger charge is 2.18. The van der Waals surface area contributed by atoms with Crippen molar-refractivity contribution >= 4 is 46.7 Å². The molecule has 0 spiro atoms. The van der Waals surface area contributed by atoms with Crippen molar-refractivity contribution in [2.75, 3.05) is 5.32 Å². The smallest absolute Gasteiger partial charge is 0.319 e. The highest BCUT2D eigenvalue weighted by Crippen LogP contribution is 2.31. The minimum atomic E-state index is -0.578. The number of aryl methyl sites for hydroxylation is 1. The van der Waals surface area contributed by atoms with Crippen LogP contribution < -0.4 is 10.6 Å². The molecule has 0 saturated heterocycles. The van der Waals surface area contributed by atoms with Crippen LogP contribution in [0.4, 0.5) is 14.9 Å². The number of nitrogens with one attached hydrogen (secondary N) is 2. The predicted molar refractivity (Wildman–Crippen MR) is 134 cm³/mol. The van der Waals surface area contributed by atoms with E-state index in [1.165, 1.54) is 35.0 Å². The summed E-state index contributed by atoms with van der Waals surface area (Å²) >= 11 is 14.2. The summed E-state index contributed by atoms with van der Waals surface area (Å²) in [5.41, 5.74) is 3.02. The molecule has 1 aromatic heterocycles. The summed E-state index contributed by atoms with van der Waals surface area (Å²) in [6, 6.07) is 18.5. The maximum atomic E-state index is 13.8. The minimum Gasteiger partial charge on any atom is -0.331 e. The Hall–Kier alpha value is -3.07. The van der Waals surface area contributed by atoms with Gasteiger partial charge in [0.1, 0.15) is 5.82 Å². The van der Waals surface area contributed by atoms with Gasteiger partial charge in [0.25, 0.3) is 0 Å². The van der Waals surface area contributed by atoms with Crippen molar-refractivity contribution in [2.45, 2.75) is 24.4 Å². The van der Waals surface area contributed by atoms with Crippen molar-refractivity contribution in [3.8, 4) is 5.69 Å². The molecule has 0 aliphatic heterocycles. The molecule has 0 radical (unpaired) electrons. The average Bonchev–Trinajstić information content (AvgIpc) is 3.23. The second kappa shape index (κ2) is 10.9. The van der Waals surface area contributed by atoms with Gasteiger partial charge >= 0.3 is 6.03 Å². The van der Waals surface area contributed by atoms with E-state index in [0.717, 1.165) is 0 Å². The molecular formula is C24H20Cl2FN5OS. The van der Waals surface area contributed by atoms with E-state index in [9.17, 15) is 9.18 Å². The van der Waals surface area contributed by atoms with Crippen LogP contribution in [-0.4, -0.2) is 20.8 Å². The Morgan fingerprint density at radius 3 is 2.62 bits per heavy atom. The number of anilines is 1. The van der Waals surface area contributed by atoms with Gasteiger partial charge in [0.05, 0.1) is 22.9 Å². The van der Waals surface area contributed by atoms with E-state index in [2.05, 4.69) is 39.9 Å². The molecule has 34 heavy (non-hydrogen) atoms. The molecule has 0 aliphatic carbocycles. The molecule has 2 amide bonds. The summed E-state index contributed by atoms with van der Waals surface area (Å²) in [5, 5.41) is 15.3. The number of hydrogen-bond acceptors (Lipinski definition) is 4. The number of benzene rings is 3. The number of aromatic nitrogens is 3. The third-order valence-corrected chi connectivity index (χ3v) is 6.53. The first kappa shape index (κ1) is 24.1. The summed E-state index contributed by atoms with van der Waals surface area (Å²) in [7, 11) is 0. The van der Waals surface area contributed by atoms with E-state index in [1.54, 1.807) is 34.9 Å². The fraction of sp³-hybridized carbons (Fsp3) is 0.125. The Labute approximate surface area is 210 Å². The van der Waals surface area contributed by atoms with Gasteiger partial charge in [-0.1, -0.05) is 71.4 Å². The topological polar surface area (TPSA) is 71.8 Å². The highest BCUT2D eigenvalue weighted by atomic mass is 35.5. The fourth-order valence-electron chi connectivity index (χ4n) is 3.21. The third-order valence-electron chi connectivity index (χ3n) is 5.00. The summed E-state index contributed by atoms with van der Waals surface area (Å²) in [6.07, 6.45) is 0. The third kappa shape index (κ3) is 5.70. The first-order valence-corrected chi connectivity index (χ1v) is 12.0. The monoisotopic (exact) mass is 515 g/mol. The van der Waals surface area contributed by atoms with E-state index in [0.29, 0.717) is 32.5 Å². The molecule has 4 aromatic rings. The van der Waals surface area contributed by atoms with Gasteiger partial charge in [-0.15, -0.1) is 10.2 Å². The first-order chi connectivity index (χ1) is 16.4. The number of hydrogen-bond donors (Lipinski definition) is 2. The molecule has 0 atom stereocenters. The first-order valence-electron chi connectivity index (χ1n) is 10.3. The van der Waals surface area contributed by atoms with Crippen LogP contribution in [0, 0.1) is 12.7 Å². The van der Waals surface area contributed by atoms with Gasteiger partial charge < -0.3 is 10.6 Å². The summed E-state index contributed by atoms with van der Waals surface area (Å²) < 4.78 is 15.6. The molecule has 6 nitrogen and oxygen atoms in total. The number of carbonyl (C=O) groups is 1. The zero-order valence-corrected chi connectivity index (χ0v) is 20.4. The van der Waals surface area contributed by atoms with Crippen molar-refractivity contribution < 1.29 is 9.18 Å². The summed E-state index contributed by atoms with van der Waals surface area (Å²) in [6.45, 7) is 2.08. The van der Waals surface area contributed by atoms with E-state index < -0.39 is 11.8 Å². The molecular weight excluding hydrogens is 496 g/mol. The molecule has 10 heteroatoms. The number of amides is 2. The lowest BCUT2D eigenvalue weighted by Gasteiger charge is -2.13. The molecule has 174 valence electrons. The van der Waals surface area contributed by atoms with Crippen molar-refractivity contribution in [1.82, 2.24) is 20.1 Å². The van der Waals surface area contributed by atoms with Gasteiger partial charge in [-0.2, -0.15) is 0 Å². The van der Waals surface area contributed by atoms with Crippen LogP contribution in [0.2, 0.25) is 10.0 Å². The van der Waals surface area contributed by atoms with Crippen LogP contribution in [0.5, 0.6) is 0 Å². The quantitative estimate of drug-likeness (QED) is 0.270. The van der Waals surface area contributed by atoms with Gasteiger partial charge in [-0.3, -0.25) is 4.57 Å². The second-order valence-electron chi connectivity index (χ2n) is 7.33. The number of rotatable bonds is 7. The number of urea groups is 1. The van der Waals surface area contributed by atoms with Crippen molar-refractivity contribution in [3.05, 3.63) is 99.5 Å². The number of thioether (sulfide) groups is 1. The Bertz CT molecular complexity index is 1330. The zero-order valence-electron chi connectivity index (χ0n) is 18.1. The van der Waals surface area contributed by atoms with Gasteiger partial charge in [-0.25, -0.2) is 9.18 Å². The fourth-order valence-corrected chi connectivity index (χ4v) is 4.62. The largest absolute Gasteiger partial charge is 0.331 e. The van der Waals surface area contributed by atoms with Crippen molar-refractivity contribution in [3.63, 3.8) is 0 Å². The lowest BCUT2D eigenvalue weighted by atomic mass is 10.1. The van der Waals surface area contributed by atoms with Crippen LogP contribution in [-0.2, 0) is 12.3 Å². The molecule has 0 fully saturated rings. The van der Waals surface area contributed by atoms with Crippen LogP contribution in [0.25, 0.3) is 5.69 Å². The lowest BCUT2D eigenvalue weighted by Crippen LogP contribution is -2.29.